The van der Waals surface area contributed by atoms with Gasteiger partial charge in [-0.1, -0.05) is 41.9 Å². The largest absolute Gasteiger partial charge is 0.445 e. The average molecular weight is 454 g/mol. The first-order valence-corrected chi connectivity index (χ1v) is 11.7. The Morgan fingerprint density at radius 1 is 1.03 bits per heavy atom. The molecule has 3 aromatic rings. The predicted octanol–water partition coefficient (Wildman–Crippen LogP) is 4.36. The van der Waals surface area contributed by atoms with E-state index in [1.54, 1.807) is 6.20 Å². The molecule has 0 spiro atoms. The Balaban J connectivity index is 1.10. The molecule has 2 aliphatic rings. The summed E-state index contributed by atoms with van der Waals surface area (Å²) in [6.07, 6.45) is 9.83. The monoisotopic (exact) mass is 453 g/mol. The molecule has 32 heavy (non-hydrogen) atoms. The molecule has 5 rings (SSSR count). The first-order valence-electron chi connectivity index (χ1n) is 11.4. The van der Waals surface area contributed by atoms with E-state index in [0.717, 1.165) is 68.8 Å². The van der Waals surface area contributed by atoms with Crippen molar-refractivity contribution in [3.63, 3.8) is 0 Å². The standard InChI is InChI=1S/C24H28ClN5O2/c25-22-21-16-27-23(30(21)11-10-26-22)19-6-8-20(9-7-19)28-12-14-29(15-13-28)24(31)32-17-18-4-2-1-3-5-18/h1-5,10-11,16,19-20H,6-9,12-15,17H2. The van der Waals surface area contributed by atoms with Crippen LogP contribution in [0, 0.1) is 0 Å². The zero-order valence-electron chi connectivity index (χ0n) is 18.1. The molecule has 7 nitrogen and oxygen atoms in total. The minimum absolute atomic E-state index is 0.212. The highest BCUT2D eigenvalue weighted by Crippen LogP contribution is 2.35. The van der Waals surface area contributed by atoms with E-state index < -0.39 is 0 Å². The van der Waals surface area contributed by atoms with E-state index in [4.69, 9.17) is 16.3 Å². The quantitative estimate of drug-likeness (QED) is 0.587. The Bertz CT molecular complexity index is 1060. The number of nitrogens with zero attached hydrogens (tertiary/aromatic N) is 5. The van der Waals surface area contributed by atoms with Crippen molar-refractivity contribution in [2.45, 2.75) is 44.2 Å². The maximum Gasteiger partial charge on any atom is 0.410 e. The summed E-state index contributed by atoms with van der Waals surface area (Å²) < 4.78 is 7.58. The van der Waals surface area contributed by atoms with Crippen LogP contribution >= 0.6 is 11.6 Å². The fourth-order valence-corrected chi connectivity index (χ4v) is 5.19. The molecular formula is C24H28ClN5O2. The lowest BCUT2D eigenvalue weighted by atomic mass is 9.84. The normalized spacial score (nSPS) is 22.2. The lowest BCUT2D eigenvalue weighted by Gasteiger charge is -2.41. The van der Waals surface area contributed by atoms with Crippen LogP contribution in [0.5, 0.6) is 0 Å². The van der Waals surface area contributed by atoms with Gasteiger partial charge in [-0.2, -0.15) is 0 Å². The van der Waals surface area contributed by atoms with Gasteiger partial charge < -0.3 is 9.64 Å². The van der Waals surface area contributed by atoms with Gasteiger partial charge in [-0.3, -0.25) is 9.30 Å². The van der Waals surface area contributed by atoms with Crippen LogP contribution in [0.4, 0.5) is 4.79 Å². The highest BCUT2D eigenvalue weighted by molar-refractivity contribution is 6.32. The Morgan fingerprint density at radius 3 is 2.53 bits per heavy atom. The highest BCUT2D eigenvalue weighted by atomic mass is 35.5. The van der Waals surface area contributed by atoms with Crippen LogP contribution in [-0.2, 0) is 11.3 Å². The van der Waals surface area contributed by atoms with E-state index in [-0.39, 0.29) is 6.09 Å². The van der Waals surface area contributed by atoms with Crippen LogP contribution in [0.15, 0.2) is 48.9 Å². The Kier molecular flexibility index (Phi) is 6.28. The summed E-state index contributed by atoms with van der Waals surface area (Å²) in [6, 6.07) is 10.4. The summed E-state index contributed by atoms with van der Waals surface area (Å²) in [5.74, 6) is 1.54. The van der Waals surface area contributed by atoms with Gasteiger partial charge in [0, 0.05) is 50.5 Å². The average Bonchev–Trinajstić information content (AvgIpc) is 3.29. The maximum absolute atomic E-state index is 12.4. The molecule has 3 heterocycles. The molecule has 168 valence electrons. The van der Waals surface area contributed by atoms with E-state index in [9.17, 15) is 4.79 Å². The van der Waals surface area contributed by atoms with Gasteiger partial charge in [0.1, 0.15) is 17.9 Å². The van der Waals surface area contributed by atoms with Crippen LogP contribution in [-0.4, -0.2) is 62.5 Å². The highest BCUT2D eigenvalue weighted by Gasteiger charge is 2.31. The molecule has 1 amide bonds. The Hall–Kier alpha value is -2.64. The molecule has 2 aromatic heterocycles. The zero-order chi connectivity index (χ0) is 21.9. The van der Waals surface area contributed by atoms with E-state index in [0.29, 0.717) is 23.7 Å². The van der Waals surface area contributed by atoms with Crippen molar-refractivity contribution in [3.8, 4) is 0 Å². The van der Waals surface area contributed by atoms with Gasteiger partial charge in [-0.15, -0.1) is 0 Å². The number of imidazole rings is 1. The molecule has 2 fully saturated rings. The van der Waals surface area contributed by atoms with Crippen molar-refractivity contribution < 1.29 is 9.53 Å². The Labute approximate surface area is 193 Å². The van der Waals surface area contributed by atoms with Crippen molar-refractivity contribution in [1.29, 1.82) is 0 Å². The van der Waals surface area contributed by atoms with Gasteiger partial charge in [0.15, 0.2) is 5.15 Å². The number of piperazine rings is 1. The SMILES string of the molecule is O=C(OCc1ccccc1)N1CCN(C2CCC(c3ncc4c(Cl)nccn34)CC2)CC1. The van der Waals surface area contributed by atoms with Gasteiger partial charge >= 0.3 is 6.09 Å². The second kappa shape index (κ2) is 9.46. The summed E-state index contributed by atoms with van der Waals surface area (Å²) in [5.41, 5.74) is 1.89. The molecule has 1 aromatic carbocycles. The summed E-state index contributed by atoms with van der Waals surface area (Å²) in [7, 11) is 0. The number of benzene rings is 1. The van der Waals surface area contributed by atoms with Gasteiger partial charge in [0.2, 0.25) is 0 Å². The summed E-state index contributed by atoms with van der Waals surface area (Å²) in [5, 5.41) is 0.500. The first kappa shape index (κ1) is 21.2. The second-order valence-corrected chi connectivity index (χ2v) is 9.02. The number of aromatic nitrogens is 3. The molecule has 0 radical (unpaired) electrons. The van der Waals surface area contributed by atoms with Gasteiger partial charge in [0.25, 0.3) is 0 Å². The Morgan fingerprint density at radius 2 is 1.78 bits per heavy atom. The van der Waals surface area contributed by atoms with Crippen LogP contribution in [0.1, 0.15) is 43.0 Å². The number of carbonyl (C=O) groups excluding carboxylic acids is 1. The van der Waals surface area contributed by atoms with Gasteiger partial charge in [-0.25, -0.2) is 14.8 Å². The van der Waals surface area contributed by atoms with Crippen molar-refractivity contribution in [2.24, 2.45) is 0 Å². The molecular weight excluding hydrogens is 426 g/mol. The van der Waals surface area contributed by atoms with Gasteiger partial charge in [0.05, 0.1) is 6.20 Å². The molecule has 8 heteroatoms. The fourth-order valence-electron chi connectivity index (χ4n) is 5.00. The molecule has 1 aliphatic heterocycles. The summed E-state index contributed by atoms with van der Waals surface area (Å²) in [6.45, 7) is 3.59. The molecule has 0 atom stereocenters. The first-order chi connectivity index (χ1) is 15.7. The van der Waals surface area contributed by atoms with Crippen LogP contribution in [0.3, 0.4) is 0 Å². The van der Waals surface area contributed by atoms with Crippen molar-refractivity contribution in [2.75, 3.05) is 26.2 Å². The number of fused-ring (bicyclic) bond motifs is 1. The number of rotatable bonds is 4. The lowest BCUT2D eigenvalue weighted by Crippen LogP contribution is -2.52. The third-order valence-corrected chi connectivity index (χ3v) is 7.09. The molecule has 1 saturated heterocycles. The molecule has 1 saturated carbocycles. The summed E-state index contributed by atoms with van der Waals surface area (Å²) in [4.78, 5) is 25.6. The number of hydrogen-bond donors (Lipinski definition) is 0. The number of amides is 1. The minimum Gasteiger partial charge on any atom is -0.445 e. The lowest BCUT2D eigenvalue weighted by molar-refractivity contribution is 0.0514. The second-order valence-electron chi connectivity index (χ2n) is 8.66. The van der Waals surface area contributed by atoms with Crippen molar-refractivity contribution in [3.05, 3.63) is 65.5 Å². The van der Waals surface area contributed by atoms with E-state index in [1.807, 2.05) is 47.6 Å². The predicted molar refractivity (Wildman–Crippen MR) is 123 cm³/mol. The molecule has 0 unspecified atom stereocenters. The smallest absolute Gasteiger partial charge is 0.410 e. The van der Waals surface area contributed by atoms with Crippen LogP contribution in [0.2, 0.25) is 5.15 Å². The van der Waals surface area contributed by atoms with Crippen molar-refractivity contribution in [1.82, 2.24) is 24.2 Å². The number of halogens is 1. The van der Waals surface area contributed by atoms with Crippen LogP contribution < -0.4 is 0 Å². The number of hydrogen-bond acceptors (Lipinski definition) is 5. The molecule has 1 aliphatic carbocycles. The number of ether oxygens (including phenoxy) is 1. The summed E-state index contributed by atoms with van der Waals surface area (Å²) >= 11 is 6.20. The van der Waals surface area contributed by atoms with E-state index in [2.05, 4.69) is 19.3 Å². The van der Waals surface area contributed by atoms with Crippen molar-refractivity contribution >= 4 is 23.2 Å². The zero-order valence-corrected chi connectivity index (χ0v) is 18.8. The minimum atomic E-state index is -0.212. The van der Waals surface area contributed by atoms with Gasteiger partial charge in [-0.05, 0) is 31.2 Å². The molecule has 0 N–H and O–H groups in total. The maximum atomic E-state index is 12.4. The fraction of sp³-hybridized carbons (Fsp3) is 0.458. The third-order valence-electron chi connectivity index (χ3n) is 6.80. The number of carbonyl (C=O) groups is 1. The molecule has 0 bridgehead atoms. The third kappa shape index (κ3) is 4.45. The topological polar surface area (TPSA) is 63.0 Å². The van der Waals surface area contributed by atoms with E-state index >= 15 is 0 Å². The van der Waals surface area contributed by atoms with E-state index in [1.165, 1.54) is 0 Å². The van der Waals surface area contributed by atoms with Crippen LogP contribution in [0.25, 0.3) is 5.52 Å².